The minimum absolute atomic E-state index is 0.289. The Morgan fingerprint density at radius 1 is 0.692 bits per heavy atom. The molecule has 1 unspecified atom stereocenters. The van der Waals surface area contributed by atoms with Crippen molar-refractivity contribution in [2.24, 2.45) is 0 Å². The summed E-state index contributed by atoms with van der Waals surface area (Å²) in [6.45, 7) is 7.81. The quantitative estimate of drug-likeness (QED) is 0.607. The van der Waals surface area contributed by atoms with Crippen molar-refractivity contribution in [2.75, 3.05) is 0 Å². The van der Waals surface area contributed by atoms with Crippen LogP contribution in [-0.2, 0) is 4.57 Å². The fourth-order valence-corrected chi connectivity index (χ4v) is 6.05. The second-order valence-electron chi connectivity index (χ2n) is 6.86. The Labute approximate surface area is 155 Å². The molecule has 132 valence electrons. The van der Waals surface area contributed by atoms with Gasteiger partial charge in [-0.1, -0.05) is 77.9 Å². The Hall–Kier alpha value is -2.44. The largest absolute Gasteiger partial charge is 0.305 e. The van der Waals surface area contributed by atoms with Gasteiger partial charge in [0.1, 0.15) is 0 Å². The summed E-state index contributed by atoms with van der Waals surface area (Å²) in [5.41, 5.74) is 4.20. The summed E-state index contributed by atoms with van der Waals surface area (Å²) < 4.78 is 14.3. The van der Waals surface area contributed by atoms with Gasteiger partial charge in [0.15, 0.2) is 0 Å². The maximum absolute atomic E-state index is 14.3. The molecule has 0 bridgehead atoms. The highest BCUT2D eigenvalue weighted by molar-refractivity contribution is 7.93. The first-order valence-electron chi connectivity index (χ1n) is 8.69. The van der Waals surface area contributed by atoms with Crippen LogP contribution in [0, 0.1) is 27.7 Å². The SMILES string of the molecule is Cc1ccc(P(=O)(C(=O)c2c(C)cc(C)cc2C)c2ccccc2)cc1. The fraction of sp³-hybridized carbons (Fsp3) is 0.174. The summed E-state index contributed by atoms with van der Waals surface area (Å²) in [6, 6.07) is 20.5. The molecule has 0 aliphatic rings. The van der Waals surface area contributed by atoms with Crippen molar-refractivity contribution < 1.29 is 9.36 Å². The van der Waals surface area contributed by atoms with Gasteiger partial charge in [0.2, 0.25) is 12.7 Å². The normalized spacial score (nSPS) is 13.2. The third kappa shape index (κ3) is 3.18. The van der Waals surface area contributed by atoms with Crippen LogP contribution in [0.2, 0.25) is 0 Å². The highest BCUT2D eigenvalue weighted by atomic mass is 31.2. The predicted octanol–water partition coefficient (Wildman–Crippen LogP) is 5.07. The van der Waals surface area contributed by atoms with Crippen molar-refractivity contribution in [1.82, 2.24) is 0 Å². The molecule has 0 N–H and O–H groups in total. The Morgan fingerprint density at radius 2 is 1.19 bits per heavy atom. The van der Waals surface area contributed by atoms with Gasteiger partial charge in [-0.15, -0.1) is 0 Å². The molecule has 0 aromatic heterocycles. The number of rotatable bonds is 4. The monoisotopic (exact) mass is 362 g/mol. The summed E-state index contributed by atoms with van der Waals surface area (Å²) in [5.74, 6) is 0. The first kappa shape index (κ1) is 18.4. The summed E-state index contributed by atoms with van der Waals surface area (Å²) in [5, 5.41) is 1.16. The molecule has 3 rings (SSSR count). The topological polar surface area (TPSA) is 34.1 Å². The molecule has 0 saturated carbocycles. The Bertz CT molecular complexity index is 979. The van der Waals surface area contributed by atoms with E-state index in [1.54, 1.807) is 12.1 Å². The first-order valence-corrected chi connectivity index (χ1v) is 10.4. The van der Waals surface area contributed by atoms with Gasteiger partial charge in [-0.2, -0.15) is 0 Å². The van der Waals surface area contributed by atoms with Crippen molar-refractivity contribution in [2.45, 2.75) is 27.7 Å². The number of hydrogen-bond donors (Lipinski definition) is 0. The number of carbonyl (C=O) groups excluding carboxylic acids is 1. The molecule has 0 heterocycles. The van der Waals surface area contributed by atoms with Crippen LogP contribution in [0.25, 0.3) is 0 Å². The minimum atomic E-state index is -3.46. The van der Waals surface area contributed by atoms with Gasteiger partial charge < -0.3 is 4.57 Å². The van der Waals surface area contributed by atoms with E-state index in [9.17, 15) is 9.36 Å². The second-order valence-corrected chi connectivity index (χ2v) is 9.52. The molecular weight excluding hydrogens is 339 g/mol. The van der Waals surface area contributed by atoms with E-state index in [1.807, 2.05) is 82.3 Å². The molecule has 1 atom stereocenters. The maximum Gasteiger partial charge on any atom is 0.230 e. The predicted molar refractivity (Wildman–Crippen MR) is 109 cm³/mol. The van der Waals surface area contributed by atoms with Crippen LogP contribution >= 0.6 is 7.14 Å². The van der Waals surface area contributed by atoms with Crippen molar-refractivity contribution in [3.63, 3.8) is 0 Å². The van der Waals surface area contributed by atoms with Crippen LogP contribution in [0.1, 0.15) is 32.6 Å². The highest BCUT2D eigenvalue weighted by Crippen LogP contribution is 2.48. The van der Waals surface area contributed by atoms with Crippen LogP contribution in [0.5, 0.6) is 0 Å². The summed E-state index contributed by atoms with van der Waals surface area (Å²) in [7, 11) is -3.46. The minimum Gasteiger partial charge on any atom is -0.305 e. The van der Waals surface area contributed by atoms with Gasteiger partial charge in [0.25, 0.3) is 0 Å². The molecule has 3 aromatic carbocycles. The van der Waals surface area contributed by atoms with E-state index in [1.165, 1.54) is 0 Å². The van der Waals surface area contributed by atoms with Crippen LogP contribution in [0.15, 0.2) is 66.7 Å². The second kappa shape index (κ2) is 7.05. The van der Waals surface area contributed by atoms with Crippen molar-refractivity contribution in [1.29, 1.82) is 0 Å². The Kier molecular flexibility index (Phi) is 4.98. The lowest BCUT2D eigenvalue weighted by atomic mass is 10.0. The van der Waals surface area contributed by atoms with E-state index in [2.05, 4.69) is 0 Å². The van der Waals surface area contributed by atoms with Gasteiger partial charge >= 0.3 is 0 Å². The number of hydrogen-bond acceptors (Lipinski definition) is 2. The molecule has 0 amide bonds. The van der Waals surface area contributed by atoms with Gasteiger partial charge in [-0.05, 0) is 38.8 Å². The van der Waals surface area contributed by atoms with Crippen LogP contribution in [0.3, 0.4) is 0 Å². The smallest absolute Gasteiger partial charge is 0.230 e. The van der Waals surface area contributed by atoms with Crippen molar-refractivity contribution in [3.05, 3.63) is 94.5 Å². The number of aryl methyl sites for hydroxylation is 4. The van der Waals surface area contributed by atoms with Gasteiger partial charge in [0.05, 0.1) is 0 Å². The number of benzene rings is 3. The molecule has 0 fully saturated rings. The summed E-state index contributed by atoms with van der Waals surface area (Å²) in [4.78, 5) is 13.6. The standard InChI is InChI=1S/C23H23O2P/c1-16-10-12-21(13-11-16)26(25,20-8-6-5-7-9-20)23(24)22-18(3)14-17(2)15-19(22)4/h5-15H,1-4H3. The van der Waals surface area contributed by atoms with Gasteiger partial charge in [-0.3, -0.25) is 4.79 Å². The molecule has 3 aromatic rings. The Morgan fingerprint density at radius 3 is 1.73 bits per heavy atom. The van der Waals surface area contributed by atoms with E-state index in [0.717, 1.165) is 22.3 Å². The summed E-state index contributed by atoms with van der Waals surface area (Å²) in [6.07, 6.45) is 0. The van der Waals surface area contributed by atoms with Crippen LogP contribution in [0.4, 0.5) is 0 Å². The lowest BCUT2D eigenvalue weighted by Crippen LogP contribution is -2.23. The van der Waals surface area contributed by atoms with Crippen LogP contribution < -0.4 is 10.6 Å². The molecule has 0 radical (unpaired) electrons. The highest BCUT2D eigenvalue weighted by Gasteiger charge is 2.37. The average Bonchev–Trinajstić information content (AvgIpc) is 2.61. The van der Waals surface area contributed by atoms with Gasteiger partial charge in [0, 0.05) is 16.2 Å². The molecule has 0 saturated heterocycles. The molecule has 2 nitrogen and oxygen atoms in total. The molecule has 0 aliphatic carbocycles. The zero-order valence-electron chi connectivity index (χ0n) is 15.6. The van der Waals surface area contributed by atoms with E-state index >= 15 is 0 Å². The van der Waals surface area contributed by atoms with Gasteiger partial charge in [-0.25, -0.2) is 0 Å². The number of carbonyl (C=O) groups is 1. The lowest BCUT2D eigenvalue weighted by molar-refractivity contribution is 0.107. The van der Waals surface area contributed by atoms with Crippen molar-refractivity contribution >= 4 is 23.3 Å². The molecular formula is C23H23O2P. The average molecular weight is 362 g/mol. The zero-order valence-corrected chi connectivity index (χ0v) is 16.5. The van der Waals surface area contributed by atoms with E-state index in [-0.39, 0.29) is 5.52 Å². The maximum atomic E-state index is 14.3. The lowest BCUT2D eigenvalue weighted by Gasteiger charge is -2.21. The first-order chi connectivity index (χ1) is 12.3. The zero-order chi connectivity index (χ0) is 18.9. The fourth-order valence-electron chi connectivity index (χ4n) is 3.45. The molecule has 26 heavy (non-hydrogen) atoms. The molecule has 3 heteroatoms. The molecule has 0 aliphatic heterocycles. The van der Waals surface area contributed by atoms with Crippen LogP contribution in [-0.4, -0.2) is 5.52 Å². The van der Waals surface area contributed by atoms with Crippen molar-refractivity contribution in [3.8, 4) is 0 Å². The van der Waals surface area contributed by atoms with E-state index < -0.39 is 7.14 Å². The molecule has 0 spiro atoms. The third-order valence-electron chi connectivity index (χ3n) is 4.69. The van der Waals surface area contributed by atoms with E-state index in [0.29, 0.717) is 16.2 Å². The summed E-state index contributed by atoms with van der Waals surface area (Å²) >= 11 is 0. The third-order valence-corrected chi connectivity index (χ3v) is 7.54. The van der Waals surface area contributed by atoms with E-state index in [4.69, 9.17) is 0 Å². The Balaban J connectivity index is 2.27.